The maximum absolute atomic E-state index is 9.73. The lowest BCUT2D eigenvalue weighted by Gasteiger charge is -2.14. The molecule has 106 valence electrons. The maximum atomic E-state index is 9.73. The van der Waals surface area contributed by atoms with Crippen LogP contribution in [0, 0.1) is 0 Å². The molecule has 0 bridgehead atoms. The van der Waals surface area contributed by atoms with Crippen molar-refractivity contribution in [3.63, 3.8) is 0 Å². The number of thioether (sulfide) groups is 1. The zero-order valence-corrected chi connectivity index (χ0v) is 11.9. The number of rotatable bonds is 5. The van der Waals surface area contributed by atoms with Gasteiger partial charge in [-0.25, -0.2) is 0 Å². The van der Waals surface area contributed by atoms with Crippen molar-refractivity contribution in [2.75, 3.05) is 5.75 Å². The predicted molar refractivity (Wildman–Crippen MR) is 77.8 cm³/mol. The highest BCUT2D eigenvalue weighted by Gasteiger charge is 2.24. The first kappa shape index (κ1) is 14.3. The Hall–Kier alpha value is -1.07. The Balaban J connectivity index is 1.88. The van der Waals surface area contributed by atoms with E-state index in [1.54, 1.807) is 6.07 Å². The molecule has 4 nitrogen and oxygen atoms in total. The highest BCUT2D eigenvalue weighted by molar-refractivity contribution is 7.99. The van der Waals surface area contributed by atoms with E-state index in [2.05, 4.69) is 12.2 Å². The smallest absolute Gasteiger partial charge is 0.200 e. The molecule has 0 aliphatic heterocycles. The van der Waals surface area contributed by atoms with Crippen LogP contribution in [0.1, 0.15) is 31.7 Å². The third-order valence-electron chi connectivity index (χ3n) is 3.58. The van der Waals surface area contributed by atoms with Gasteiger partial charge in [-0.2, -0.15) is 11.8 Å². The maximum Gasteiger partial charge on any atom is 0.200 e. The molecule has 2 unspecified atom stereocenters. The Morgan fingerprint density at radius 1 is 1.21 bits per heavy atom. The van der Waals surface area contributed by atoms with Crippen molar-refractivity contribution in [2.45, 2.75) is 44.0 Å². The molecule has 0 amide bonds. The molecule has 1 saturated carbocycles. The summed E-state index contributed by atoms with van der Waals surface area (Å²) in [5, 5.41) is 32.6. The predicted octanol–water partition coefficient (Wildman–Crippen LogP) is 2.57. The van der Waals surface area contributed by atoms with E-state index in [1.165, 1.54) is 12.5 Å². The fraction of sp³-hybridized carbons (Fsp3) is 0.571. The van der Waals surface area contributed by atoms with Crippen LogP contribution in [0.4, 0.5) is 0 Å². The first-order valence-electron chi connectivity index (χ1n) is 6.69. The van der Waals surface area contributed by atoms with Crippen molar-refractivity contribution in [3.8, 4) is 17.2 Å². The van der Waals surface area contributed by atoms with Crippen LogP contribution in [0.5, 0.6) is 17.2 Å². The lowest BCUT2D eigenvalue weighted by atomic mass is 10.1. The lowest BCUT2D eigenvalue weighted by Crippen LogP contribution is -2.26. The Kier molecular flexibility index (Phi) is 4.82. The molecule has 5 heteroatoms. The van der Waals surface area contributed by atoms with Crippen LogP contribution in [0.3, 0.4) is 0 Å². The van der Waals surface area contributed by atoms with Gasteiger partial charge in [0.25, 0.3) is 0 Å². The summed E-state index contributed by atoms with van der Waals surface area (Å²) in [5.74, 6) is 0.195. The van der Waals surface area contributed by atoms with E-state index in [9.17, 15) is 15.3 Å². The monoisotopic (exact) mass is 283 g/mol. The fourth-order valence-corrected chi connectivity index (χ4v) is 3.66. The van der Waals surface area contributed by atoms with Crippen molar-refractivity contribution in [1.82, 2.24) is 5.32 Å². The van der Waals surface area contributed by atoms with Gasteiger partial charge in [0, 0.05) is 23.4 Å². The molecule has 2 rings (SSSR count). The average molecular weight is 283 g/mol. The van der Waals surface area contributed by atoms with Gasteiger partial charge in [0.05, 0.1) is 0 Å². The zero-order valence-electron chi connectivity index (χ0n) is 11.1. The number of benzene rings is 1. The van der Waals surface area contributed by atoms with Gasteiger partial charge in [-0.15, -0.1) is 0 Å². The summed E-state index contributed by atoms with van der Waals surface area (Å²) in [7, 11) is 0. The van der Waals surface area contributed by atoms with Gasteiger partial charge in [0.1, 0.15) is 0 Å². The molecular weight excluding hydrogens is 262 g/mol. The second-order valence-electron chi connectivity index (χ2n) is 4.91. The highest BCUT2D eigenvalue weighted by atomic mass is 32.2. The number of hydrogen-bond acceptors (Lipinski definition) is 5. The number of hydrogen-bond donors (Lipinski definition) is 4. The number of phenols is 3. The first-order valence-corrected chi connectivity index (χ1v) is 7.74. The second-order valence-corrected chi connectivity index (χ2v) is 6.49. The summed E-state index contributed by atoms with van der Waals surface area (Å²) in [5.41, 5.74) is 0.613. The van der Waals surface area contributed by atoms with Gasteiger partial charge in [-0.1, -0.05) is 13.0 Å². The molecule has 0 spiro atoms. The number of phenolic OH excluding ortho intramolecular Hbond substituents is 3. The van der Waals surface area contributed by atoms with Gasteiger partial charge in [0.2, 0.25) is 5.75 Å². The van der Waals surface area contributed by atoms with Crippen molar-refractivity contribution in [2.24, 2.45) is 0 Å². The van der Waals surface area contributed by atoms with E-state index in [4.69, 9.17) is 0 Å². The lowest BCUT2D eigenvalue weighted by molar-refractivity contribution is 0.363. The van der Waals surface area contributed by atoms with Crippen LogP contribution in [0.25, 0.3) is 0 Å². The molecule has 0 saturated heterocycles. The minimum atomic E-state index is -0.440. The third-order valence-corrected chi connectivity index (χ3v) is 4.81. The van der Waals surface area contributed by atoms with Gasteiger partial charge in [-0.05, 0) is 31.1 Å². The normalized spacial score (nSPS) is 22.8. The van der Waals surface area contributed by atoms with Crippen LogP contribution < -0.4 is 5.32 Å². The summed E-state index contributed by atoms with van der Waals surface area (Å²) in [6, 6.07) is 3.50. The van der Waals surface area contributed by atoms with Crippen LogP contribution in [0.2, 0.25) is 0 Å². The van der Waals surface area contributed by atoms with E-state index in [0.717, 1.165) is 23.8 Å². The molecule has 0 heterocycles. The molecule has 0 radical (unpaired) electrons. The molecule has 4 N–H and O–H groups in total. The minimum Gasteiger partial charge on any atom is -0.504 e. The molecule has 1 aliphatic carbocycles. The highest BCUT2D eigenvalue weighted by Crippen LogP contribution is 2.37. The molecular formula is C14H21NO3S. The number of nitrogens with one attached hydrogen (secondary N) is 1. The van der Waals surface area contributed by atoms with E-state index in [1.807, 2.05) is 11.8 Å². The van der Waals surface area contributed by atoms with Crippen molar-refractivity contribution in [1.29, 1.82) is 0 Å². The Morgan fingerprint density at radius 2 is 2.00 bits per heavy atom. The van der Waals surface area contributed by atoms with Crippen LogP contribution in [-0.2, 0) is 6.54 Å². The van der Waals surface area contributed by atoms with Gasteiger partial charge >= 0.3 is 0 Å². The molecule has 19 heavy (non-hydrogen) atoms. The molecule has 1 aromatic carbocycles. The Bertz CT molecular complexity index is 439. The van der Waals surface area contributed by atoms with Crippen LogP contribution >= 0.6 is 11.8 Å². The summed E-state index contributed by atoms with van der Waals surface area (Å²) in [6.45, 7) is 2.69. The van der Waals surface area contributed by atoms with E-state index in [0.29, 0.717) is 18.2 Å². The zero-order chi connectivity index (χ0) is 13.8. The SMILES string of the molecule is CCSC1CCC(NCc2ccc(O)c(O)c2O)C1. The Morgan fingerprint density at radius 3 is 2.74 bits per heavy atom. The minimum absolute atomic E-state index is 0.231. The molecule has 1 aliphatic rings. The van der Waals surface area contributed by atoms with E-state index >= 15 is 0 Å². The third kappa shape index (κ3) is 3.48. The van der Waals surface area contributed by atoms with E-state index < -0.39 is 5.75 Å². The first-order chi connectivity index (χ1) is 9.11. The van der Waals surface area contributed by atoms with Crippen LogP contribution in [0.15, 0.2) is 12.1 Å². The largest absolute Gasteiger partial charge is 0.504 e. The molecule has 1 fully saturated rings. The number of aromatic hydroxyl groups is 3. The summed E-state index contributed by atoms with van der Waals surface area (Å²) in [6.07, 6.45) is 3.55. The van der Waals surface area contributed by atoms with Crippen LogP contribution in [-0.4, -0.2) is 32.4 Å². The van der Waals surface area contributed by atoms with Crippen molar-refractivity contribution < 1.29 is 15.3 Å². The average Bonchev–Trinajstić information content (AvgIpc) is 2.83. The van der Waals surface area contributed by atoms with Crippen molar-refractivity contribution in [3.05, 3.63) is 17.7 Å². The molecule has 0 aromatic heterocycles. The molecule has 2 atom stereocenters. The summed E-state index contributed by atoms with van der Waals surface area (Å²) < 4.78 is 0. The van der Waals surface area contributed by atoms with E-state index in [-0.39, 0.29) is 11.5 Å². The standard InChI is InChI=1S/C14H21NO3S/c1-2-19-11-5-4-10(7-11)15-8-9-3-6-12(16)14(18)13(9)17/h3,6,10-11,15-18H,2,4-5,7-8H2,1H3. The molecule has 1 aromatic rings. The van der Waals surface area contributed by atoms with Gasteiger partial charge in [-0.3, -0.25) is 0 Å². The van der Waals surface area contributed by atoms with Crippen molar-refractivity contribution >= 4 is 11.8 Å². The van der Waals surface area contributed by atoms with Gasteiger partial charge < -0.3 is 20.6 Å². The topological polar surface area (TPSA) is 72.7 Å². The summed E-state index contributed by atoms with van der Waals surface area (Å²) in [4.78, 5) is 0. The second kappa shape index (κ2) is 6.39. The fourth-order valence-electron chi connectivity index (χ4n) is 2.52. The summed E-state index contributed by atoms with van der Waals surface area (Å²) >= 11 is 2.01. The van der Waals surface area contributed by atoms with Gasteiger partial charge in [0.15, 0.2) is 11.5 Å². The Labute approximate surface area is 117 Å². The quantitative estimate of drug-likeness (QED) is 0.625.